The second kappa shape index (κ2) is 5.52. The van der Waals surface area contributed by atoms with Crippen molar-refractivity contribution < 1.29 is 33.4 Å². The van der Waals surface area contributed by atoms with E-state index in [1.54, 1.807) is 12.1 Å². The van der Waals surface area contributed by atoms with E-state index in [2.05, 4.69) is 0 Å². The first-order chi connectivity index (χ1) is 12.1. The van der Waals surface area contributed by atoms with Crippen LogP contribution in [0.15, 0.2) is 36.4 Å². The minimum Gasteiger partial charge on any atom is -0.496 e. The van der Waals surface area contributed by atoms with Gasteiger partial charge in [0, 0.05) is 12.1 Å². The lowest BCUT2D eigenvalue weighted by molar-refractivity contribution is -0.0586. The lowest BCUT2D eigenvalue weighted by Crippen LogP contribution is -2.32. The van der Waals surface area contributed by atoms with E-state index in [1.165, 1.54) is 31.4 Å². The summed E-state index contributed by atoms with van der Waals surface area (Å²) in [5.41, 5.74) is 0.360. The van der Waals surface area contributed by atoms with Gasteiger partial charge in [0.15, 0.2) is 11.5 Å². The van der Waals surface area contributed by atoms with Gasteiger partial charge in [0.1, 0.15) is 11.3 Å². The van der Waals surface area contributed by atoms with Crippen molar-refractivity contribution in [1.29, 1.82) is 0 Å². The Labute approximate surface area is 141 Å². The third-order valence-corrected chi connectivity index (χ3v) is 3.85. The maximum Gasteiger partial charge on any atom is 0.367 e. The monoisotopic (exact) mass is 341 g/mol. The molecule has 0 saturated carbocycles. The van der Waals surface area contributed by atoms with Crippen LogP contribution in [0.1, 0.15) is 31.1 Å². The van der Waals surface area contributed by atoms with Crippen LogP contribution in [0.4, 0.5) is 0 Å². The quantitative estimate of drug-likeness (QED) is 0.786. The van der Waals surface area contributed by atoms with Gasteiger partial charge >= 0.3 is 5.97 Å². The molecule has 0 fully saturated rings. The molecule has 2 heterocycles. The van der Waals surface area contributed by atoms with Gasteiger partial charge in [-0.1, -0.05) is 17.2 Å². The van der Waals surface area contributed by atoms with E-state index in [9.17, 15) is 14.4 Å². The predicted molar refractivity (Wildman–Crippen MR) is 81.5 cm³/mol. The Bertz CT molecular complexity index is 886. The number of fused-ring (bicyclic) bond motifs is 2. The summed E-state index contributed by atoms with van der Waals surface area (Å²) in [4.78, 5) is 42.0. The Morgan fingerprint density at radius 1 is 1.04 bits per heavy atom. The number of hydrogen-bond acceptors (Lipinski definition) is 7. The molecule has 0 radical (unpaired) electrons. The first-order valence-electron chi connectivity index (χ1n) is 7.28. The van der Waals surface area contributed by atoms with Crippen molar-refractivity contribution in [3.05, 3.63) is 53.1 Å². The zero-order chi connectivity index (χ0) is 17.6. The van der Waals surface area contributed by atoms with E-state index in [0.717, 1.165) is 0 Å². The molecule has 0 saturated heterocycles. The van der Waals surface area contributed by atoms with Crippen molar-refractivity contribution in [2.75, 3.05) is 13.9 Å². The molecular formula is C17H11NO7. The molecule has 0 spiro atoms. The van der Waals surface area contributed by atoms with Crippen LogP contribution in [0, 0.1) is 0 Å². The van der Waals surface area contributed by atoms with Crippen molar-refractivity contribution in [3.63, 3.8) is 0 Å². The highest BCUT2D eigenvalue weighted by atomic mass is 16.7. The third kappa shape index (κ3) is 2.26. The van der Waals surface area contributed by atoms with Crippen molar-refractivity contribution in [2.45, 2.75) is 0 Å². The van der Waals surface area contributed by atoms with E-state index < -0.39 is 17.8 Å². The normalized spacial score (nSPS) is 14.5. The fraction of sp³-hybridized carbons (Fsp3) is 0.118. The van der Waals surface area contributed by atoms with Gasteiger partial charge in [0.25, 0.3) is 11.8 Å². The summed E-state index contributed by atoms with van der Waals surface area (Å²) in [5, 5.41) is 0.441. The Kier molecular flexibility index (Phi) is 3.31. The molecule has 0 aromatic heterocycles. The van der Waals surface area contributed by atoms with E-state index >= 15 is 0 Å². The molecule has 0 unspecified atom stereocenters. The molecule has 8 nitrogen and oxygen atoms in total. The summed E-state index contributed by atoms with van der Waals surface area (Å²) in [6.45, 7) is 0.0232. The highest BCUT2D eigenvalue weighted by molar-refractivity contribution is 6.21. The van der Waals surface area contributed by atoms with Crippen LogP contribution in [-0.4, -0.2) is 36.7 Å². The van der Waals surface area contributed by atoms with Gasteiger partial charge in [-0.25, -0.2) is 4.79 Å². The van der Waals surface area contributed by atoms with E-state index in [1.807, 2.05) is 0 Å². The number of imide groups is 1. The lowest BCUT2D eigenvalue weighted by atomic mass is 10.1. The largest absolute Gasteiger partial charge is 0.496 e. The Morgan fingerprint density at radius 3 is 2.24 bits per heavy atom. The van der Waals surface area contributed by atoms with E-state index in [-0.39, 0.29) is 29.2 Å². The van der Waals surface area contributed by atoms with Crippen molar-refractivity contribution in [2.24, 2.45) is 0 Å². The maximum absolute atomic E-state index is 12.5. The number of nitrogens with zero attached hydrogens (tertiary/aromatic N) is 1. The fourth-order valence-electron chi connectivity index (χ4n) is 2.63. The number of ether oxygens (including phenoxy) is 3. The summed E-state index contributed by atoms with van der Waals surface area (Å²) in [7, 11) is 1.37. The molecule has 0 N–H and O–H groups in total. The molecular weight excluding hydrogens is 330 g/mol. The minimum atomic E-state index is -0.926. The second-order valence-electron chi connectivity index (χ2n) is 5.23. The topological polar surface area (TPSA) is 91.4 Å². The summed E-state index contributed by atoms with van der Waals surface area (Å²) < 4.78 is 15.6. The molecule has 4 rings (SSSR count). The fourth-order valence-corrected chi connectivity index (χ4v) is 2.63. The highest BCUT2D eigenvalue weighted by Crippen LogP contribution is 2.38. The number of methoxy groups -OCH3 is 1. The summed E-state index contributed by atoms with van der Waals surface area (Å²) in [6.07, 6.45) is 0. The van der Waals surface area contributed by atoms with Crippen LogP contribution < -0.4 is 14.2 Å². The number of benzene rings is 2. The summed E-state index contributed by atoms with van der Waals surface area (Å²) in [6, 6.07) is 9.07. The van der Waals surface area contributed by atoms with Crippen molar-refractivity contribution in [1.82, 2.24) is 5.06 Å². The number of hydrogen-bond donors (Lipinski definition) is 0. The first-order valence-corrected chi connectivity index (χ1v) is 7.28. The first kappa shape index (κ1) is 15.0. The second-order valence-corrected chi connectivity index (χ2v) is 5.23. The molecule has 2 aliphatic rings. The summed E-state index contributed by atoms with van der Waals surface area (Å²) in [5.74, 6) is -1.39. The van der Waals surface area contributed by atoms with E-state index in [0.29, 0.717) is 16.6 Å². The van der Waals surface area contributed by atoms with Gasteiger partial charge in [-0.2, -0.15) is 0 Å². The zero-order valence-corrected chi connectivity index (χ0v) is 13.0. The Balaban J connectivity index is 1.64. The standard InChI is InChI=1S/C17H11NO7/c1-22-12-7-14-13(23-8-24-14)6-11(12)17(21)25-18-15(19)9-4-2-3-5-10(9)16(18)20/h2-7H,8H2,1H3. The van der Waals surface area contributed by atoms with Crippen LogP contribution in [0.3, 0.4) is 0 Å². The predicted octanol–water partition coefficient (Wildman–Crippen LogP) is 1.79. The zero-order valence-electron chi connectivity index (χ0n) is 13.0. The average Bonchev–Trinajstić information content (AvgIpc) is 3.19. The van der Waals surface area contributed by atoms with Gasteiger partial charge in [-0.3, -0.25) is 9.59 Å². The molecule has 2 aliphatic heterocycles. The summed E-state index contributed by atoms with van der Waals surface area (Å²) >= 11 is 0. The number of carbonyl (C=O) groups is 3. The van der Waals surface area contributed by atoms with Crippen LogP contribution in [0.5, 0.6) is 17.2 Å². The number of rotatable bonds is 3. The molecule has 25 heavy (non-hydrogen) atoms. The number of hydroxylamine groups is 2. The van der Waals surface area contributed by atoms with Gasteiger partial charge in [-0.15, -0.1) is 0 Å². The molecule has 126 valence electrons. The van der Waals surface area contributed by atoms with Crippen LogP contribution >= 0.6 is 0 Å². The molecule has 0 atom stereocenters. The number of carbonyl (C=O) groups excluding carboxylic acids is 3. The molecule has 8 heteroatoms. The minimum absolute atomic E-state index is 0.00306. The highest BCUT2D eigenvalue weighted by Gasteiger charge is 2.39. The average molecular weight is 341 g/mol. The third-order valence-electron chi connectivity index (χ3n) is 3.85. The van der Waals surface area contributed by atoms with Crippen LogP contribution in [-0.2, 0) is 4.84 Å². The van der Waals surface area contributed by atoms with Gasteiger partial charge < -0.3 is 19.0 Å². The number of amides is 2. The molecule has 2 aromatic carbocycles. The van der Waals surface area contributed by atoms with Gasteiger partial charge in [-0.05, 0) is 12.1 Å². The molecule has 2 amide bonds. The Morgan fingerprint density at radius 2 is 1.64 bits per heavy atom. The molecule has 2 aromatic rings. The van der Waals surface area contributed by atoms with Crippen molar-refractivity contribution in [3.8, 4) is 17.2 Å². The van der Waals surface area contributed by atoms with E-state index in [4.69, 9.17) is 19.0 Å². The van der Waals surface area contributed by atoms with Crippen molar-refractivity contribution >= 4 is 17.8 Å². The maximum atomic E-state index is 12.5. The Hall–Kier alpha value is -3.55. The lowest BCUT2D eigenvalue weighted by Gasteiger charge is -2.14. The molecule has 0 bridgehead atoms. The SMILES string of the molecule is COc1cc2c(cc1C(=O)ON1C(=O)c3ccccc3C1=O)OCO2. The van der Waals surface area contributed by atoms with Gasteiger partial charge in [0.2, 0.25) is 6.79 Å². The molecule has 0 aliphatic carbocycles. The smallest absolute Gasteiger partial charge is 0.367 e. The van der Waals surface area contributed by atoms with Crippen LogP contribution in [0.25, 0.3) is 0 Å². The van der Waals surface area contributed by atoms with Gasteiger partial charge in [0.05, 0.1) is 18.2 Å². The van der Waals surface area contributed by atoms with Crippen LogP contribution in [0.2, 0.25) is 0 Å².